The standard InChI is InChI=1S/C25H39N/c1-4-7-18(17-26)16-20-10-12-22-21-11-9-19-8-5-6-14-24(19,2)23(21)13-15-25(20,22)3/h4,16-17,19-23,26H,1,5-15H2,2-3H3/t19?,20?,21-,22-,23+,24-,25+/m0/s1. The van der Waals surface area contributed by atoms with E-state index >= 15 is 0 Å². The third-order valence-electron chi connectivity index (χ3n) is 9.64. The monoisotopic (exact) mass is 353 g/mol. The van der Waals surface area contributed by atoms with Crippen molar-refractivity contribution >= 4 is 6.21 Å². The van der Waals surface area contributed by atoms with E-state index in [1.165, 1.54) is 69.8 Å². The molecule has 1 heteroatoms. The molecule has 0 aliphatic heterocycles. The summed E-state index contributed by atoms with van der Waals surface area (Å²) in [6.07, 6.45) is 21.5. The Morgan fingerprint density at radius 3 is 2.54 bits per heavy atom. The molecule has 4 aliphatic carbocycles. The van der Waals surface area contributed by atoms with Gasteiger partial charge in [0, 0.05) is 6.21 Å². The van der Waals surface area contributed by atoms with Crippen molar-refractivity contribution in [1.82, 2.24) is 0 Å². The Morgan fingerprint density at radius 1 is 0.962 bits per heavy atom. The van der Waals surface area contributed by atoms with Crippen molar-refractivity contribution in [1.29, 1.82) is 5.41 Å². The highest BCUT2D eigenvalue weighted by Gasteiger charge is 2.59. The van der Waals surface area contributed by atoms with Crippen LogP contribution >= 0.6 is 0 Å². The summed E-state index contributed by atoms with van der Waals surface area (Å²) in [6.45, 7) is 9.16. The van der Waals surface area contributed by atoms with E-state index in [4.69, 9.17) is 5.41 Å². The number of fused-ring (bicyclic) bond motifs is 5. The molecule has 0 aromatic carbocycles. The summed E-state index contributed by atoms with van der Waals surface area (Å²) in [6, 6.07) is 0. The zero-order chi connectivity index (χ0) is 18.4. The zero-order valence-electron chi connectivity index (χ0n) is 17.1. The minimum atomic E-state index is 0.481. The van der Waals surface area contributed by atoms with Crippen LogP contribution < -0.4 is 0 Å². The molecule has 0 amide bonds. The molecular formula is C25H39N. The molecule has 26 heavy (non-hydrogen) atoms. The van der Waals surface area contributed by atoms with Crippen molar-refractivity contribution in [3.05, 3.63) is 24.3 Å². The molecule has 1 N–H and O–H groups in total. The zero-order valence-corrected chi connectivity index (χ0v) is 17.1. The lowest BCUT2D eigenvalue weighted by atomic mass is 9.45. The number of nitrogens with one attached hydrogen (secondary N) is 1. The largest absolute Gasteiger partial charge is 0.308 e. The quantitative estimate of drug-likeness (QED) is 0.408. The van der Waals surface area contributed by atoms with Gasteiger partial charge in [-0.15, -0.1) is 6.58 Å². The highest BCUT2D eigenvalue weighted by atomic mass is 14.6. The van der Waals surface area contributed by atoms with Gasteiger partial charge in [0.1, 0.15) is 0 Å². The predicted molar refractivity (Wildman–Crippen MR) is 112 cm³/mol. The topological polar surface area (TPSA) is 23.9 Å². The molecule has 2 unspecified atom stereocenters. The van der Waals surface area contributed by atoms with Gasteiger partial charge in [-0.2, -0.15) is 0 Å². The summed E-state index contributed by atoms with van der Waals surface area (Å²) in [4.78, 5) is 0. The molecule has 4 fully saturated rings. The molecule has 1 nitrogen and oxygen atoms in total. The molecule has 4 saturated carbocycles. The van der Waals surface area contributed by atoms with Gasteiger partial charge >= 0.3 is 0 Å². The Bertz CT molecular complexity index is 589. The highest BCUT2D eigenvalue weighted by Crippen LogP contribution is 2.67. The smallest absolute Gasteiger partial charge is 0.0209 e. The highest BCUT2D eigenvalue weighted by molar-refractivity contribution is 5.76. The lowest BCUT2D eigenvalue weighted by Gasteiger charge is -2.60. The SMILES string of the molecule is C=CCC(C=N)=CC1CC[C@H]2[C@@H]3CCC4CCCC[C@]4(C)[C@@H]3CC[C@]12C. The maximum Gasteiger partial charge on any atom is 0.0209 e. The first-order valence-electron chi connectivity index (χ1n) is 11.3. The second kappa shape index (κ2) is 6.95. The van der Waals surface area contributed by atoms with Crippen LogP contribution in [0.2, 0.25) is 0 Å². The van der Waals surface area contributed by atoms with Gasteiger partial charge in [-0.3, -0.25) is 0 Å². The van der Waals surface area contributed by atoms with E-state index in [-0.39, 0.29) is 0 Å². The van der Waals surface area contributed by atoms with Crippen LogP contribution in [0.1, 0.15) is 84.5 Å². The molecular weight excluding hydrogens is 314 g/mol. The summed E-state index contributed by atoms with van der Waals surface area (Å²) in [5.41, 5.74) is 2.31. The molecule has 0 aromatic rings. The van der Waals surface area contributed by atoms with Crippen LogP contribution in [0.4, 0.5) is 0 Å². The Balaban J connectivity index is 1.58. The van der Waals surface area contributed by atoms with E-state index in [2.05, 4.69) is 26.5 Å². The van der Waals surface area contributed by atoms with Crippen LogP contribution in [0.3, 0.4) is 0 Å². The van der Waals surface area contributed by atoms with Crippen LogP contribution in [0.5, 0.6) is 0 Å². The molecule has 7 atom stereocenters. The Morgan fingerprint density at radius 2 is 1.77 bits per heavy atom. The normalized spacial score (nSPS) is 48.2. The van der Waals surface area contributed by atoms with Crippen molar-refractivity contribution in [3.63, 3.8) is 0 Å². The third kappa shape index (κ3) is 2.76. The van der Waals surface area contributed by atoms with E-state index in [1.807, 2.05) is 6.08 Å². The average Bonchev–Trinajstić information content (AvgIpc) is 2.97. The fourth-order valence-corrected chi connectivity index (χ4v) is 8.21. The van der Waals surface area contributed by atoms with Crippen molar-refractivity contribution in [2.45, 2.75) is 84.5 Å². The second-order valence-corrected chi connectivity index (χ2v) is 10.5. The Hall–Kier alpha value is -0.850. The van der Waals surface area contributed by atoms with Gasteiger partial charge in [0.05, 0.1) is 0 Å². The van der Waals surface area contributed by atoms with E-state index in [9.17, 15) is 0 Å². The van der Waals surface area contributed by atoms with Gasteiger partial charge in [0.15, 0.2) is 0 Å². The van der Waals surface area contributed by atoms with E-state index in [0.717, 1.165) is 30.1 Å². The third-order valence-corrected chi connectivity index (χ3v) is 9.64. The average molecular weight is 354 g/mol. The van der Waals surface area contributed by atoms with Gasteiger partial charge in [-0.05, 0) is 104 Å². The van der Waals surface area contributed by atoms with Crippen LogP contribution in [-0.4, -0.2) is 6.21 Å². The molecule has 144 valence electrons. The lowest BCUT2D eigenvalue weighted by molar-refractivity contribution is -0.107. The lowest BCUT2D eigenvalue weighted by Crippen LogP contribution is -2.52. The fraction of sp³-hybridized carbons (Fsp3) is 0.800. The molecule has 0 bridgehead atoms. The van der Waals surface area contributed by atoms with Crippen LogP contribution in [-0.2, 0) is 0 Å². The molecule has 4 aliphatic rings. The van der Waals surface area contributed by atoms with Gasteiger partial charge in [-0.25, -0.2) is 0 Å². The number of hydrogen-bond donors (Lipinski definition) is 1. The number of allylic oxidation sites excluding steroid dienone is 3. The minimum Gasteiger partial charge on any atom is -0.308 e. The van der Waals surface area contributed by atoms with Crippen LogP contribution in [0.25, 0.3) is 0 Å². The van der Waals surface area contributed by atoms with E-state index in [1.54, 1.807) is 6.21 Å². The number of rotatable bonds is 4. The van der Waals surface area contributed by atoms with Crippen molar-refractivity contribution in [3.8, 4) is 0 Å². The van der Waals surface area contributed by atoms with Crippen molar-refractivity contribution in [2.75, 3.05) is 0 Å². The summed E-state index contributed by atoms with van der Waals surface area (Å²) in [7, 11) is 0. The Labute approximate surface area is 161 Å². The van der Waals surface area contributed by atoms with Crippen molar-refractivity contribution in [2.24, 2.45) is 40.4 Å². The van der Waals surface area contributed by atoms with Gasteiger partial charge < -0.3 is 5.41 Å². The van der Waals surface area contributed by atoms with Crippen LogP contribution in [0, 0.1) is 45.8 Å². The van der Waals surface area contributed by atoms with Crippen molar-refractivity contribution < 1.29 is 0 Å². The number of hydrogen-bond acceptors (Lipinski definition) is 1. The molecule has 4 rings (SSSR count). The maximum atomic E-state index is 7.76. The first-order chi connectivity index (χ1) is 12.5. The molecule has 0 aromatic heterocycles. The summed E-state index contributed by atoms with van der Waals surface area (Å²) in [5, 5.41) is 7.76. The van der Waals surface area contributed by atoms with Gasteiger partial charge in [-0.1, -0.05) is 38.8 Å². The minimum absolute atomic E-state index is 0.481. The first kappa shape index (κ1) is 18.5. The van der Waals surface area contributed by atoms with Gasteiger partial charge in [0.25, 0.3) is 0 Å². The summed E-state index contributed by atoms with van der Waals surface area (Å²) < 4.78 is 0. The van der Waals surface area contributed by atoms with Crippen LogP contribution in [0.15, 0.2) is 24.3 Å². The summed E-state index contributed by atoms with van der Waals surface area (Å²) in [5.74, 6) is 4.61. The molecule has 0 spiro atoms. The van der Waals surface area contributed by atoms with E-state index < -0.39 is 0 Å². The second-order valence-electron chi connectivity index (χ2n) is 10.5. The molecule has 0 radical (unpaired) electrons. The fourth-order valence-electron chi connectivity index (χ4n) is 8.21. The maximum absolute atomic E-state index is 7.76. The Kier molecular flexibility index (Phi) is 4.95. The van der Waals surface area contributed by atoms with Gasteiger partial charge in [0.2, 0.25) is 0 Å². The van der Waals surface area contributed by atoms with E-state index in [0.29, 0.717) is 16.7 Å². The molecule has 0 heterocycles. The predicted octanol–water partition coefficient (Wildman–Crippen LogP) is 7.19. The summed E-state index contributed by atoms with van der Waals surface area (Å²) >= 11 is 0. The molecule has 0 saturated heterocycles. The first-order valence-corrected chi connectivity index (χ1v) is 11.3.